The fraction of sp³-hybridized carbons (Fsp3) is 0.263. The summed E-state index contributed by atoms with van der Waals surface area (Å²) < 4.78 is 24.8. The Hall–Kier alpha value is -2.47. The zero-order valence-electron chi connectivity index (χ0n) is 13.7. The number of nitrogens with zero attached hydrogens (tertiary/aromatic N) is 1. The van der Waals surface area contributed by atoms with E-state index in [1.807, 2.05) is 24.3 Å². The summed E-state index contributed by atoms with van der Waals surface area (Å²) in [5.41, 5.74) is 1.82. The van der Waals surface area contributed by atoms with Gasteiger partial charge in [0.2, 0.25) is 0 Å². The number of benzene rings is 2. The molecular formula is C19H16ClF2N3O. The zero-order chi connectivity index (χ0) is 18.3. The Bertz CT molecular complexity index is 1030. The largest absolute Gasteiger partial charge is 0.383 e. The van der Waals surface area contributed by atoms with Gasteiger partial charge in [0.25, 0.3) is 5.56 Å². The van der Waals surface area contributed by atoms with E-state index in [2.05, 4.69) is 15.5 Å². The first-order valence-electron chi connectivity index (χ1n) is 8.39. The topological polar surface area (TPSA) is 57.8 Å². The molecule has 1 aliphatic heterocycles. The van der Waals surface area contributed by atoms with Crippen molar-refractivity contribution in [2.45, 2.75) is 24.9 Å². The minimum absolute atomic E-state index is 0.106. The molecule has 0 saturated heterocycles. The van der Waals surface area contributed by atoms with Crippen molar-refractivity contribution in [1.82, 2.24) is 10.2 Å². The van der Waals surface area contributed by atoms with E-state index in [0.29, 0.717) is 33.7 Å². The first-order chi connectivity index (χ1) is 12.5. The molecule has 1 aromatic heterocycles. The second kappa shape index (κ2) is 6.68. The molecule has 7 heteroatoms. The number of anilines is 1. The van der Waals surface area contributed by atoms with Gasteiger partial charge in [0.05, 0.1) is 11.1 Å². The van der Waals surface area contributed by atoms with Crippen LogP contribution in [0.4, 0.5) is 14.5 Å². The van der Waals surface area contributed by atoms with Crippen molar-refractivity contribution >= 4 is 28.1 Å². The van der Waals surface area contributed by atoms with Gasteiger partial charge in [-0.25, -0.2) is 13.9 Å². The number of rotatable bonds is 1. The molecular weight excluding hydrogens is 360 g/mol. The molecule has 0 bridgehead atoms. The van der Waals surface area contributed by atoms with Gasteiger partial charge in [0, 0.05) is 28.6 Å². The van der Waals surface area contributed by atoms with E-state index < -0.39 is 17.5 Å². The number of aromatic nitrogens is 2. The van der Waals surface area contributed by atoms with E-state index >= 15 is 0 Å². The van der Waals surface area contributed by atoms with Gasteiger partial charge in [-0.1, -0.05) is 29.8 Å². The number of H-pyrrole nitrogens is 1. The van der Waals surface area contributed by atoms with Crippen molar-refractivity contribution in [1.29, 1.82) is 0 Å². The highest BCUT2D eigenvalue weighted by atomic mass is 35.5. The van der Waals surface area contributed by atoms with Crippen LogP contribution in [-0.2, 0) is 0 Å². The van der Waals surface area contributed by atoms with Gasteiger partial charge >= 0.3 is 0 Å². The Labute approximate surface area is 153 Å². The van der Waals surface area contributed by atoms with Crippen LogP contribution in [0.15, 0.2) is 41.2 Å². The van der Waals surface area contributed by atoms with Crippen molar-refractivity contribution in [2.75, 3.05) is 11.9 Å². The summed E-state index contributed by atoms with van der Waals surface area (Å²) in [6.07, 6.45) is 1.22. The van der Waals surface area contributed by atoms with Gasteiger partial charge in [-0.3, -0.25) is 4.79 Å². The molecule has 1 atom stereocenters. The lowest BCUT2D eigenvalue weighted by atomic mass is 9.89. The molecule has 26 heavy (non-hydrogen) atoms. The maximum Gasteiger partial charge on any atom is 0.272 e. The van der Waals surface area contributed by atoms with E-state index in [1.54, 1.807) is 0 Å². The lowest BCUT2D eigenvalue weighted by Gasteiger charge is -2.26. The lowest BCUT2D eigenvalue weighted by molar-refractivity contribution is 0.480. The van der Waals surface area contributed by atoms with Gasteiger partial charge in [0.15, 0.2) is 0 Å². The summed E-state index contributed by atoms with van der Waals surface area (Å²) >= 11 is 6.29. The highest BCUT2D eigenvalue weighted by Gasteiger charge is 2.27. The van der Waals surface area contributed by atoms with Crippen molar-refractivity contribution < 1.29 is 8.78 Å². The summed E-state index contributed by atoms with van der Waals surface area (Å²) in [6, 6.07) is 10.1. The first kappa shape index (κ1) is 17.0. The second-order valence-electron chi connectivity index (χ2n) is 6.44. The average Bonchev–Trinajstić information content (AvgIpc) is 3.41. The van der Waals surface area contributed by atoms with Crippen LogP contribution in [0, 0.1) is 5.82 Å². The summed E-state index contributed by atoms with van der Waals surface area (Å²) in [5.74, 6) is -0.556. The molecule has 5 rings (SSSR count). The Morgan fingerprint density at radius 1 is 1.19 bits per heavy atom. The Morgan fingerprint density at radius 2 is 1.92 bits per heavy atom. The summed E-state index contributed by atoms with van der Waals surface area (Å²) in [6.45, 7) is 0.536. The molecule has 0 amide bonds. The van der Waals surface area contributed by atoms with Crippen LogP contribution in [-0.4, -0.2) is 22.9 Å². The molecule has 2 heterocycles. The van der Waals surface area contributed by atoms with E-state index in [9.17, 15) is 13.6 Å². The van der Waals surface area contributed by atoms with Gasteiger partial charge in [-0.15, -0.1) is 0 Å². The number of hydrogen-bond acceptors (Lipinski definition) is 3. The van der Waals surface area contributed by atoms with E-state index in [-0.39, 0.29) is 5.92 Å². The monoisotopic (exact) mass is 375 g/mol. The quantitative estimate of drug-likeness (QED) is 0.663. The third kappa shape index (κ3) is 3.17. The number of alkyl halides is 1. The number of hydrogen-bond donors (Lipinski definition) is 2. The smallest absolute Gasteiger partial charge is 0.272 e. The maximum absolute atomic E-state index is 13.7. The summed E-state index contributed by atoms with van der Waals surface area (Å²) in [5, 5.41) is 11.4. The number of aromatic amines is 1. The molecule has 2 aromatic carbocycles. The van der Waals surface area contributed by atoms with Crippen LogP contribution in [0.3, 0.4) is 0 Å². The highest BCUT2D eigenvalue weighted by Crippen LogP contribution is 2.38. The van der Waals surface area contributed by atoms with Gasteiger partial charge in [-0.05, 0) is 36.6 Å². The summed E-state index contributed by atoms with van der Waals surface area (Å²) in [4.78, 5) is 11.9. The minimum atomic E-state index is -0.450. The Kier molecular flexibility index (Phi) is 4.36. The molecule has 1 saturated carbocycles. The maximum atomic E-state index is 13.7. The predicted octanol–water partition coefficient (Wildman–Crippen LogP) is 4.39. The normalized spacial score (nSPS) is 18.0. The highest BCUT2D eigenvalue weighted by molar-refractivity contribution is 6.31. The van der Waals surface area contributed by atoms with Crippen LogP contribution in [0.5, 0.6) is 0 Å². The fourth-order valence-corrected chi connectivity index (χ4v) is 3.33. The van der Waals surface area contributed by atoms with Crippen LogP contribution in [0.2, 0.25) is 5.02 Å². The molecule has 2 aliphatic rings. The molecule has 0 radical (unpaired) electrons. The number of nitrogens with one attached hydrogen (secondary N) is 2. The van der Waals surface area contributed by atoms with Crippen LogP contribution < -0.4 is 10.9 Å². The average molecular weight is 376 g/mol. The minimum Gasteiger partial charge on any atom is -0.383 e. The molecule has 1 fully saturated rings. The van der Waals surface area contributed by atoms with Crippen molar-refractivity contribution in [3.63, 3.8) is 0 Å². The lowest BCUT2D eigenvalue weighted by Crippen LogP contribution is -2.24. The Balaban J connectivity index is 0.000000373. The molecule has 1 aliphatic carbocycles. The SMILES string of the molecule is FC1CC1.O=c1[nH]nc2c3c(cc(F)cc13)NCC2c1ccccc1Cl. The third-order valence-electron chi connectivity index (χ3n) is 4.50. The van der Waals surface area contributed by atoms with Crippen LogP contribution in [0.25, 0.3) is 10.8 Å². The fourth-order valence-electron chi connectivity index (χ4n) is 3.07. The van der Waals surface area contributed by atoms with Crippen LogP contribution >= 0.6 is 11.6 Å². The second-order valence-corrected chi connectivity index (χ2v) is 6.85. The van der Waals surface area contributed by atoms with E-state index in [0.717, 1.165) is 18.4 Å². The molecule has 1 unspecified atom stereocenters. The van der Waals surface area contributed by atoms with Crippen molar-refractivity contribution in [3.05, 3.63) is 68.8 Å². The first-order valence-corrected chi connectivity index (χ1v) is 8.76. The molecule has 3 aromatic rings. The van der Waals surface area contributed by atoms with Gasteiger partial charge in [-0.2, -0.15) is 5.10 Å². The van der Waals surface area contributed by atoms with Crippen molar-refractivity contribution in [2.24, 2.45) is 0 Å². The Morgan fingerprint density at radius 3 is 2.62 bits per heavy atom. The molecule has 0 spiro atoms. The van der Waals surface area contributed by atoms with Crippen molar-refractivity contribution in [3.8, 4) is 0 Å². The molecule has 2 N–H and O–H groups in total. The van der Waals surface area contributed by atoms with E-state index in [4.69, 9.17) is 11.6 Å². The third-order valence-corrected chi connectivity index (χ3v) is 4.84. The van der Waals surface area contributed by atoms with E-state index in [1.165, 1.54) is 12.1 Å². The van der Waals surface area contributed by atoms with Crippen LogP contribution in [0.1, 0.15) is 30.0 Å². The molecule has 4 nitrogen and oxygen atoms in total. The summed E-state index contributed by atoms with van der Waals surface area (Å²) in [7, 11) is 0. The standard InChI is InChI=1S/C16H11ClFN3O.C3H5F/c17-12-4-2-1-3-9(12)11-7-19-13-6-8(18)5-10-14(13)15(11)20-21-16(10)22;4-3-1-2-3/h1-6,11,19H,7H2,(H,21,22);3H,1-2H2. The number of halogens is 3. The van der Waals surface area contributed by atoms with Gasteiger partial charge in [0.1, 0.15) is 12.0 Å². The zero-order valence-corrected chi connectivity index (χ0v) is 14.5. The van der Waals surface area contributed by atoms with Gasteiger partial charge < -0.3 is 5.32 Å². The predicted molar refractivity (Wildman–Crippen MR) is 98.2 cm³/mol. The molecule has 134 valence electrons.